The first-order valence-electron chi connectivity index (χ1n) is 5.85. The van der Waals surface area contributed by atoms with Crippen LogP contribution in [-0.2, 0) is 12.1 Å². The maximum Gasteiger partial charge on any atom is 0.131 e. The van der Waals surface area contributed by atoms with E-state index in [-0.39, 0.29) is 0 Å². The van der Waals surface area contributed by atoms with E-state index in [9.17, 15) is 5.26 Å². The second kappa shape index (κ2) is 5.44. The van der Waals surface area contributed by atoms with E-state index < -0.39 is 5.54 Å². The molecule has 18 heavy (non-hydrogen) atoms. The molecule has 1 heterocycles. The molecule has 0 bridgehead atoms. The van der Waals surface area contributed by atoms with E-state index in [1.165, 1.54) is 0 Å². The van der Waals surface area contributed by atoms with Gasteiger partial charge in [0.05, 0.1) is 6.07 Å². The molecule has 0 aliphatic carbocycles. The van der Waals surface area contributed by atoms with Crippen LogP contribution in [0.1, 0.15) is 18.1 Å². The second-order valence-electron chi connectivity index (χ2n) is 4.32. The summed E-state index contributed by atoms with van der Waals surface area (Å²) in [4.78, 5) is 4.06. The summed E-state index contributed by atoms with van der Waals surface area (Å²) in [6, 6.07) is 16.1. The maximum absolute atomic E-state index is 9.38. The van der Waals surface area contributed by atoms with Crippen molar-refractivity contribution in [2.45, 2.75) is 19.0 Å². The smallest absolute Gasteiger partial charge is 0.131 e. The first kappa shape index (κ1) is 12.3. The standard InChI is InChI=1S/C15H15N3/c1-15(12-16,14-8-5-9-17-11-14)18-10-13-6-3-2-4-7-13/h2-9,11,18H,10H2,1H3. The molecule has 0 aliphatic heterocycles. The number of nitriles is 1. The average Bonchev–Trinajstić information content (AvgIpc) is 2.47. The molecule has 0 radical (unpaired) electrons. The van der Waals surface area contributed by atoms with Crippen LogP contribution < -0.4 is 5.32 Å². The van der Waals surface area contributed by atoms with Gasteiger partial charge in [0.2, 0.25) is 0 Å². The number of aromatic nitrogens is 1. The van der Waals surface area contributed by atoms with Gasteiger partial charge in [0.15, 0.2) is 0 Å². The monoisotopic (exact) mass is 237 g/mol. The largest absolute Gasteiger partial charge is 0.292 e. The lowest BCUT2D eigenvalue weighted by molar-refractivity contribution is 0.463. The van der Waals surface area contributed by atoms with Gasteiger partial charge in [0, 0.05) is 24.5 Å². The summed E-state index contributed by atoms with van der Waals surface area (Å²) in [6.45, 7) is 2.52. The molecule has 2 aromatic rings. The first-order valence-corrected chi connectivity index (χ1v) is 5.85. The van der Waals surface area contributed by atoms with E-state index in [0.717, 1.165) is 11.1 Å². The molecule has 0 spiro atoms. The summed E-state index contributed by atoms with van der Waals surface area (Å²) in [5.41, 5.74) is 1.32. The number of hydrogen-bond donors (Lipinski definition) is 1. The Hall–Kier alpha value is -2.18. The summed E-state index contributed by atoms with van der Waals surface area (Å²) in [7, 11) is 0. The van der Waals surface area contributed by atoms with Crippen LogP contribution >= 0.6 is 0 Å². The van der Waals surface area contributed by atoms with Crippen LogP contribution in [0.2, 0.25) is 0 Å². The Kier molecular flexibility index (Phi) is 3.71. The van der Waals surface area contributed by atoms with Crippen LogP contribution in [0.5, 0.6) is 0 Å². The van der Waals surface area contributed by atoms with E-state index in [2.05, 4.69) is 16.4 Å². The van der Waals surface area contributed by atoms with E-state index in [1.54, 1.807) is 12.4 Å². The van der Waals surface area contributed by atoms with Crippen molar-refractivity contribution < 1.29 is 0 Å². The van der Waals surface area contributed by atoms with Gasteiger partial charge in [-0.2, -0.15) is 5.26 Å². The van der Waals surface area contributed by atoms with Crippen LogP contribution in [-0.4, -0.2) is 4.98 Å². The molecule has 1 N–H and O–H groups in total. The lowest BCUT2D eigenvalue weighted by Gasteiger charge is -2.23. The van der Waals surface area contributed by atoms with Gasteiger partial charge in [-0.15, -0.1) is 0 Å². The van der Waals surface area contributed by atoms with Crippen LogP contribution in [0.15, 0.2) is 54.9 Å². The normalized spacial score (nSPS) is 13.6. The van der Waals surface area contributed by atoms with E-state index in [1.807, 2.05) is 49.4 Å². The number of nitrogens with one attached hydrogen (secondary N) is 1. The molecular formula is C15H15N3. The minimum Gasteiger partial charge on any atom is -0.292 e. The van der Waals surface area contributed by atoms with Gasteiger partial charge in [-0.25, -0.2) is 0 Å². The third-order valence-corrected chi connectivity index (χ3v) is 2.95. The average molecular weight is 237 g/mol. The number of hydrogen-bond acceptors (Lipinski definition) is 3. The van der Waals surface area contributed by atoms with Crippen molar-refractivity contribution in [2.75, 3.05) is 0 Å². The summed E-state index contributed by atoms with van der Waals surface area (Å²) in [6.07, 6.45) is 3.43. The molecule has 1 aromatic carbocycles. The topological polar surface area (TPSA) is 48.7 Å². The van der Waals surface area contributed by atoms with E-state index in [0.29, 0.717) is 6.54 Å². The SMILES string of the molecule is CC(C#N)(NCc1ccccc1)c1cccnc1. The van der Waals surface area contributed by atoms with Crippen molar-refractivity contribution in [3.8, 4) is 6.07 Å². The van der Waals surface area contributed by atoms with Crippen molar-refractivity contribution in [3.63, 3.8) is 0 Å². The van der Waals surface area contributed by atoms with Gasteiger partial charge >= 0.3 is 0 Å². The molecular weight excluding hydrogens is 222 g/mol. The molecule has 0 saturated heterocycles. The van der Waals surface area contributed by atoms with Crippen LogP contribution in [0.4, 0.5) is 0 Å². The zero-order valence-corrected chi connectivity index (χ0v) is 10.3. The molecule has 1 unspecified atom stereocenters. The first-order chi connectivity index (χ1) is 8.74. The van der Waals surface area contributed by atoms with Crippen LogP contribution in [0.3, 0.4) is 0 Å². The summed E-state index contributed by atoms with van der Waals surface area (Å²) < 4.78 is 0. The van der Waals surface area contributed by atoms with Gasteiger partial charge in [-0.3, -0.25) is 10.3 Å². The number of benzene rings is 1. The molecule has 90 valence electrons. The zero-order valence-electron chi connectivity index (χ0n) is 10.3. The predicted molar refractivity (Wildman–Crippen MR) is 70.5 cm³/mol. The van der Waals surface area contributed by atoms with Crippen molar-refractivity contribution in [3.05, 3.63) is 66.0 Å². The lowest BCUT2D eigenvalue weighted by Crippen LogP contribution is -2.37. The Balaban J connectivity index is 2.13. The molecule has 0 fully saturated rings. The van der Waals surface area contributed by atoms with Crippen molar-refractivity contribution in [2.24, 2.45) is 0 Å². The van der Waals surface area contributed by atoms with Gasteiger partial charge in [0.1, 0.15) is 5.54 Å². The number of pyridine rings is 1. The van der Waals surface area contributed by atoms with Gasteiger partial charge in [-0.1, -0.05) is 36.4 Å². The van der Waals surface area contributed by atoms with Crippen LogP contribution in [0, 0.1) is 11.3 Å². The molecule has 0 aliphatic rings. The highest BCUT2D eigenvalue weighted by Gasteiger charge is 2.25. The predicted octanol–water partition coefficient (Wildman–Crippen LogP) is 2.61. The fourth-order valence-corrected chi connectivity index (χ4v) is 1.74. The fraction of sp³-hybridized carbons (Fsp3) is 0.200. The summed E-state index contributed by atoms with van der Waals surface area (Å²) >= 11 is 0. The third kappa shape index (κ3) is 2.73. The Morgan fingerprint density at radius 1 is 1.22 bits per heavy atom. The highest BCUT2D eigenvalue weighted by molar-refractivity contribution is 5.28. The fourth-order valence-electron chi connectivity index (χ4n) is 1.74. The quantitative estimate of drug-likeness (QED) is 0.889. The highest BCUT2D eigenvalue weighted by Crippen LogP contribution is 2.19. The highest BCUT2D eigenvalue weighted by atomic mass is 15.0. The number of rotatable bonds is 4. The Morgan fingerprint density at radius 2 is 2.00 bits per heavy atom. The molecule has 3 heteroatoms. The summed E-state index contributed by atoms with van der Waals surface area (Å²) in [5.74, 6) is 0. The third-order valence-electron chi connectivity index (χ3n) is 2.95. The summed E-state index contributed by atoms with van der Waals surface area (Å²) in [5, 5.41) is 12.7. The van der Waals surface area contributed by atoms with Crippen molar-refractivity contribution in [1.82, 2.24) is 10.3 Å². The van der Waals surface area contributed by atoms with Gasteiger partial charge in [0.25, 0.3) is 0 Å². The molecule has 0 saturated carbocycles. The molecule has 2 rings (SSSR count). The van der Waals surface area contributed by atoms with Crippen LogP contribution in [0.25, 0.3) is 0 Å². The molecule has 1 atom stereocenters. The Morgan fingerprint density at radius 3 is 2.61 bits per heavy atom. The van der Waals surface area contributed by atoms with Gasteiger partial charge < -0.3 is 0 Å². The van der Waals surface area contributed by atoms with Crippen molar-refractivity contribution >= 4 is 0 Å². The number of nitrogens with zero attached hydrogens (tertiary/aromatic N) is 2. The molecule has 0 amide bonds. The molecule has 3 nitrogen and oxygen atoms in total. The lowest BCUT2D eigenvalue weighted by atomic mass is 9.95. The zero-order chi connectivity index (χ0) is 12.8. The Bertz CT molecular complexity index is 531. The van der Waals surface area contributed by atoms with E-state index in [4.69, 9.17) is 0 Å². The Labute approximate surface area is 107 Å². The van der Waals surface area contributed by atoms with Gasteiger partial charge in [-0.05, 0) is 18.6 Å². The minimum atomic E-state index is -0.718. The second-order valence-corrected chi connectivity index (χ2v) is 4.32. The minimum absolute atomic E-state index is 0.653. The maximum atomic E-state index is 9.38. The van der Waals surface area contributed by atoms with E-state index >= 15 is 0 Å². The van der Waals surface area contributed by atoms with Crippen molar-refractivity contribution in [1.29, 1.82) is 5.26 Å². The molecule has 1 aromatic heterocycles.